The second-order valence-corrected chi connectivity index (χ2v) is 0. The molecule has 3 heteroatoms. The van der Waals surface area contributed by atoms with Gasteiger partial charge in [0.1, 0.15) is 0 Å². The zero-order chi connectivity index (χ0) is 0. The highest BCUT2D eigenvalue weighted by molar-refractivity contribution is 14.0. The highest BCUT2D eigenvalue weighted by Crippen LogP contribution is 0.886. The van der Waals surface area contributed by atoms with Gasteiger partial charge in [0, 0.05) is 0 Å². The lowest BCUT2D eigenvalue weighted by molar-refractivity contribution is 2.50. The van der Waals surface area contributed by atoms with Crippen molar-refractivity contribution in [3.63, 3.8) is 0 Å². The van der Waals surface area contributed by atoms with Crippen molar-refractivity contribution in [2.45, 2.75) is 7.43 Å². The van der Waals surface area contributed by atoms with Crippen LogP contribution < -0.4 is 0 Å². The lowest BCUT2D eigenvalue weighted by Crippen LogP contribution is -0.382. The number of hydrogen-bond donors (Lipinski definition) is 0. The van der Waals surface area contributed by atoms with E-state index in [0.717, 1.165) is 0 Å². The smallest absolute Gasteiger partial charge is 0.107 e. The molecule has 0 aliphatic heterocycles. The predicted octanol–water partition coefficient (Wildman–Crippen LogP) is -1.11. The zero-order valence-electron chi connectivity index (χ0n) is 0.408. The van der Waals surface area contributed by atoms with E-state index < -0.39 is 0 Å². The average molecular weight is 204 g/mol. The van der Waals surface area contributed by atoms with Crippen LogP contribution in [-0.4, -0.2) is 34.7 Å². The molecule has 0 aliphatic rings. The lowest BCUT2D eigenvalue weighted by atomic mass is 12.0. The molecule has 0 aromatic heterocycles. The number of hydrogen-bond acceptors (Lipinski definition) is 0. The number of rotatable bonds is 0. The summed E-state index contributed by atoms with van der Waals surface area (Å²) in [4.78, 5) is 0. The molecule has 0 bridgehead atoms. The molecule has 0 atom stereocenters. The van der Waals surface area contributed by atoms with E-state index in [2.05, 4.69) is 0 Å². The van der Waals surface area contributed by atoms with E-state index in [1.807, 2.05) is 0 Å². The molecule has 0 N–H and O–H groups in total. The van der Waals surface area contributed by atoms with E-state index in [0.29, 0.717) is 0 Å². The topological polar surface area (TPSA) is 0 Å². The second-order valence-electron chi connectivity index (χ2n) is 0. The van der Waals surface area contributed by atoms with Crippen LogP contribution in [0.2, 0.25) is 0 Å². The van der Waals surface area contributed by atoms with E-state index in [1.54, 1.807) is 0 Å². The standard InChI is InChI=1S/CH4.2Al.HI.6H/h1H4;;;1H;;;;;;. The molecule has 0 rings (SSSR count). The van der Waals surface area contributed by atoms with Gasteiger partial charge in [-0.2, -0.15) is 0 Å². The Morgan fingerprint density at radius 1 is 0.750 bits per heavy atom. The summed E-state index contributed by atoms with van der Waals surface area (Å²) >= 11 is 0. The summed E-state index contributed by atoms with van der Waals surface area (Å²) in [7, 11) is 0. The van der Waals surface area contributed by atoms with Crippen LogP contribution in [0.4, 0.5) is 0 Å². The van der Waals surface area contributed by atoms with E-state index >= 15 is 0 Å². The second kappa shape index (κ2) is 21.4. The van der Waals surface area contributed by atoms with Crippen LogP contribution in [0.15, 0.2) is 0 Å². The first-order chi connectivity index (χ1) is 0. The molecule has 0 aliphatic carbocycles. The van der Waals surface area contributed by atoms with Gasteiger partial charge in [-0.25, -0.2) is 0 Å². The highest BCUT2D eigenvalue weighted by atomic mass is 127. The Kier molecular flexibility index (Phi) is 222. The van der Waals surface area contributed by atoms with E-state index in [9.17, 15) is 0 Å². The van der Waals surface area contributed by atoms with Gasteiger partial charge >= 0.3 is 0 Å². The number of halogens is 1. The lowest BCUT2D eigenvalue weighted by Gasteiger charge is -0.108. The van der Waals surface area contributed by atoms with Crippen LogP contribution >= 0.6 is 24.0 Å². The normalized spacial score (nSPS) is 0. The van der Waals surface area contributed by atoms with Crippen LogP contribution in [0, 0.1) is 0 Å². The first kappa shape index (κ1) is 41.4. The minimum absolute atomic E-state index is 0. The maximum absolute atomic E-state index is 0. The molecule has 0 radical (unpaired) electrons. The van der Waals surface area contributed by atoms with Crippen LogP contribution in [0.3, 0.4) is 0 Å². The van der Waals surface area contributed by atoms with Gasteiger partial charge in [-0.05, 0) is 0 Å². The molecule has 0 unspecified atom stereocenters. The molecule has 28 valence electrons. The van der Waals surface area contributed by atoms with Crippen molar-refractivity contribution >= 4 is 58.7 Å². The fourth-order valence-corrected chi connectivity index (χ4v) is 0. The Balaban J connectivity index is 0. The van der Waals surface area contributed by atoms with Crippen molar-refractivity contribution in [3.05, 3.63) is 0 Å². The van der Waals surface area contributed by atoms with Gasteiger partial charge in [-0.15, -0.1) is 24.0 Å². The minimum Gasteiger partial charge on any atom is -0.107 e. The summed E-state index contributed by atoms with van der Waals surface area (Å²) in [5, 5.41) is 0. The Hall–Kier alpha value is 1.79. The SMILES string of the molecule is C.I.[AlH3].[AlH3]. The zero-order valence-corrected chi connectivity index (χ0v) is 2.74. The van der Waals surface area contributed by atoms with Gasteiger partial charge in [-0.1, -0.05) is 7.43 Å². The van der Waals surface area contributed by atoms with Crippen molar-refractivity contribution in [2.75, 3.05) is 0 Å². The molecule has 0 nitrogen and oxygen atoms in total. The van der Waals surface area contributed by atoms with Gasteiger partial charge in [0.2, 0.25) is 0 Å². The van der Waals surface area contributed by atoms with Crippen molar-refractivity contribution in [1.29, 1.82) is 0 Å². The summed E-state index contributed by atoms with van der Waals surface area (Å²) in [5.74, 6) is 0. The molecular weight excluding hydrogens is 193 g/mol. The Morgan fingerprint density at radius 2 is 0.750 bits per heavy atom. The average Bonchev–Trinajstić information content (AvgIpc) is 0. The largest absolute Gasteiger partial charge is 0.187 e. The van der Waals surface area contributed by atoms with E-state index in [4.69, 9.17) is 0 Å². The molecule has 0 aromatic rings. The van der Waals surface area contributed by atoms with Gasteiger partial charge in [-0.3, -0.25) is 0 Å². The molecular formula is CH11Al2I. The fraction of sp³-hybridized carbons (Fsp3) is 1.00. The predicted molar refractivity (Wildman–Crippen MR) is 42.0 cm³/mol. The van der Waals surface area contributed by atoms with Crippen molar-refractivity contribution in [3.8, 4) is 0 Å². The van der Waals surface area contributed by atoms with Crippen molar-refractivity contribution in [1.82, 2.24) is 0 Å². The van der Waals surface area contributed by atoms with Gasteiger partial charge < -0.3 is 0 Å². The third-order valence-electron chi connectivity index (χ3n) is 0. The first-order valence-electron chi connectivity index (χ1n) is 0. The maximum atomic E-state index is 0. The molecule has 0 aromatic carbocycles. The quantitative estimate of drug-likeness (QED) is 0.346. The maximum Gasteiger partial charge on any atom is 0.187 e. The summed E-state index contributed by atoms with van der Waals surface area (Å²) in [5.41, 5.74) is 0. The molecule has 0 amide bonds. The third-order valence-corrected chi connectivity index (χ3v) is 0. The molecule has 0 spiro atoms. The Labute approximate surface area is 65.6 Å². The van der Waals surface area contributed by atoms with Crippen molar-refractivity contribution < 1.29 is 0 Å². The summed E-state index contributed by atoms with van der Waals surface area (Å²) in [6.07, 6.45) is 0. The molecule has 0 heterocycles. The third kappa shape index (κ3) is 9.20. The molecule has 0 saturated heterocycles. The Morgan fingerprint density at radius 3 is 0.750 bits per heavy atom. The van der Waals surface area contributed by atoms with Crippen molar-refractivity contribution in [2.24, 2.45) is 0 Å². The van der Waals surface area contributed by atoms with Crippen LogP contribution in [0.25, 0.3) is 0 Å². The van der Waals surface area contributed by atoms with E-state index in [-0.39, 0.29) is 66.1 Å². The van der Waals surface area contributed by atoms with Crippen LogP contribution in [0.1, 0.15) is 7.43 Å². The molecule has 0 saturated carbocycles. The monoisotopic (exact) mass is 204 g/mol. The van der Waals surface area contributed by atoms with Crippen LogP contribution in [-0.2, 0) is 0 Å². The van der Waals surface area contributed by atoms with Gasteiger partial charge in [0.25, 0.3) is 0 Å². The highest BCUT2D eigenvalue weighted by Gasteiger charge is 0.188. The minimum atomic E-state index is 0. The summed E-state index contributed by atoms with van der Waals surface area (Å²) in [6.45, 7) is 0. The fourth-order valence-electron chi connectivity index (χ4n) is 0. The van der Waals surface area contributed by atoms with E-state index in [1.165, 1.54) is 0 Å². The van der Waals surface area contributed by atoms with Gasteiger partial charge in [0.15, 0.2) is 34.7 Å². The van der Waals surface area contributed by atoms with Crippen LogP contribution in [0.5, 0.6) is 0 Å². The summed E-state index contributed by atoms with van der Waals surface area (Å²) < 4.78 is 0. The van der Waals surface area contributed by atoms with Gasteiger partial charge in [0.05, 0.1) is 0 Å². The first-order valence-corrected chi connectivity index (χ1v) is 0. The molecule has 0 fully saturated rings. The summed E-state index contributed by atoms with van der Waals surface area (Å²) in [6, 6.07) is 0. The Bertz CT molecular complexity index is 6.00. The molecule has 4 heavy (non-hydrogen) atoms.